The molecule has 4 rings (SSSR count). The third-order valence-corrected chi connectivity index (χ3v) is 5.71. The lowest BCUT2D eigenvalue weighted by Gasteiger charge is -2.08. The van der Waals surface area contributed by atoms with Crippen LogP contribution in [0.2, 0.25) is 0 Å². The van der Waals surface area contributed by atoms with Crippen LogP contribution in [-0.4, -0.2) is 16.8 Å². The van der Waals surface area contributed by atoms with Gasteiger partial charge in [-0.25, -0.2) is 4.98 Å². The first kappa shape index (κ1) is 22.2. The summed E-state index contributed by atoms with van der Waals surface area (Å²) >= 11 is 1.38. The van der Waals surface area contributed by atoms with Crippen LogP contribution in [0.3, 0.4) is 0 Å². The van der Waals surface area contributed by atoms with E-state index in [1.807, 2.05) is 96.4 Å². The van der Waals surface area contributed by atoms with E-state index in [2.05, 4.69) is 15.6 Å². The lowest BCUT2D eigenvalue weighted by Crippen LogP contribution is -2.18. The maximum Gasteiger partial charge on any atom is 0.258 e. The summed E-state index contributed by atoms with van der Waals surface area (Å²) in [4.78, 5) is 28.9. The van der Waals surface area contributed by atoms with E-state index in [0.29, 0.717) is 17.2 Å². The second-order valence-corrected chi connectivity index (χ2v) is 8.29. The van der Waals surface area contributed by atoms with E-state index in [0.717, 1.165) is 27.9 Å². The Morgan fingerprint density at radius 2 is 1.58 bits per heavy atom. The molecule has 1 aromatic heterocycles. The molecule has 0 unspecified atom stereocenters. The quantitative estimate of drug-likeness (QED) is 0.282. The van der Waals surface area contributed by atoms with Crippen molar-refractivity contribution in [2.75, 3.05) is 5.32 Å². The van der Waals surface area contributed by atoms with Crippen LogP contribution < -0.4 is 10.6 Å². The average Bonchev–Trinajstić information content (AvgIpc) is 3.31. The van der Waals surface area contributed by atoms with Gasteiger partial charge in [0, 0.05) is 30.0 Å². The molecule has 0 saturated carbocycles. The molecule has 1 heterocycles. The number of benzene rings is 3. The Bertz CT molecular complexity index is 1260. The van der Waals surface area contributed by atoms with Crippen molar-refractivity contribution < 1.29 is 9.59 Å². The SMILES string of the molecule is CC(=O)NCc1ccc(-c2csc(NC(=O)/C(=C\c3ccccc3)c3ccccc3)n2)cc1. The van der Waals surface area contributed by atoms with Gasteiger partial charge in [-0.15, -0.1) is 11.3 Å². The monoisotopic (exact) mass is 453 g/mol. The third-order valence-electron chi connectivity index (χ3n) is 4.96. The van der Waals surface area contributed by atoms with E-state index < -0.39 is 0 Å². The number of nitrogens with zero attached hydrogens (tertiary/aromatic N) is 1. The molecule has 33 heavy (non-hydrogen) atoms. The summed E-state index contributed by atoms with van der Waals surface area (Å²) < 4.78 is 0. The molecule has 6 heteroatoms. The zero-order valence-corrected chi connectivity index (χ0v) is 18.9. The number of hydrogen-bond donors (Lipinski definition) is 2. The van der Waals surface area contributed by atoms with Crippen LogP contribution in [0.4, 0.5) is 5.13 Å². The molecule has 0 aliphatic heterocycles. The van der Waals surface area contributed by atoms with Crippen LogP contribution in [0.15, 0.2) is 90.3 Å². The minimum absolute atomic E-state index is 0.0600. The Kier molecular flexibility index (Phi) is 7.07. The second kappa shape index (κ2) is 10.5. The maximum atomic E-state index is 13.2. The van der Waals surface area contributed by atoms with Crippen molar-refractivity contribution in [3.63, 3.8) is 0 Å². The van der Waals surface area contributed by atoms with Gasteiger partial charge in [0.2, 0.25) is 5.91 Å². The van der Waals surface area contributed by atoms with Crippen molar-refractivity contribution in [2.24, 2.45) is 0 Å². The number of rotatable bonds is 7. The third kappa shape index (κ3) is 6.02. The predicted octanol–water partition coefficient (Wildman–Crippen LogP) is 5.63. The average molecular weight is 454 g/mol. The molecule has 0 aliphatic carbocycles. The summed E-state index contributed by atoms with van der Waals surface area (Å²) in [5.41, 5.74) is 5.10. The summed E-state index contributed by atoms with van der Waals surface area (Å²) in [6.07, 6.45) is 1.88. The second-order valence-electron chi connectivity index (χ2n) is 7.43. The molecule has 0 atom stereocenters. The van der Waals surface area contributed by atoms with Gasteiger partial charge in [0.1, 0.15) is 0 Å². The molecule has 2 amide bonds. The van der Waals surface area contributed by atoms with Crippen LogP contribution in [0, 0.1) is 0 Å². The highest BCUT2D eigenvalue weighted by atomic mass is 32.1. The molecule has 164 valence electrons. The van der Waals surface area contributed by atoms with E-state index in [1.54, 1.807) is 0 Å². The Morgan fingerprint density at radius 3 is 2.24 bits per heavy atom. The molecule has 3 aromatic carbocycles. The first-order chi connectivity index (χ1) is 16.1. The molecule has 4 aromatic rings. The fraction of sp³-hybridized carbons (Fsp3) is 0.0741. The molecule has 0 saturated heterocycles. The van der Waals surface area contributed by atoms with E-state index in [-0.39, 0.29) is 11.8 Å². The molecule has 0 spiro atoms. The van der Waals surface area contributed by atoms with Crippen molar-refractivity contribution in [2.45, 2.75) is 13.5 Å². The van der Waals surface area contributed by atoms with E-state index in [1.165, 1.54) is 18.3 Å². The van der Waals surface area contributed by atoms with Crippen LogP contribution in [-0.2, 0) is 16.1 Å². The summed E-state index contributed by atoms with van der Waals surface area (Å²) in [6.45, 7) is 1.99. The largest absolute Gasteiger partial charge is 0.352 e. The smallest absolute Gasteiger partial charge is 0.258 e. The Balaban J connectivity index is 1.52. The Labute approximate surface area is 196 Å². The molecular weight excluding hydrogens is 430 g/mol. The Hall–Kier alpha value is -4.03. The van der Waals surface area contributed by atoms with Crippen LogP contribution in [0.25, 0.3) is 22.9 Å². The molecule has 0 bridgehead atoms. The van der Waals surface area contributed by atoms with Gasteiger partial charge >= 0.3 is 0 Å². The first-order valence-corrected chi connectivity index (χ1v) is 11.4. The lowest BCUT2D eigenvalue weighted by atomic mass is 10.0. The highest BCUT2D eigenvalue weighted by Gasteiger charge is 2.15. The lowest BCUT2D eigenvalue weighted by molar-refractivity contribution is -0.119. The minimum Gasteiger partial charge on any atom is -0.352 e. The minimum atomic E-state index is -0.211. The number of thiazole rings is 1. The molecule has 0 fully saturated rings. The molecule has 2 N–H and O–H groups in total. The van der Waals surface area contributed by atoms with Gasteiger partial charge in [-0.1, -0.05) is 84.9 Å². The van der Waals surface area contributed by atoms with E-state index in [4.69, 9.17) is 0 Å². The number of anilines is 1. The van der Waals surface area contributed by atoms with Crippen molar-refractivity contribution >= 4 is 39.9 Å². The number of hydrogen-bond acceptors (Lipinski definition) is 4. The number of amides is 2. The van der Waals surface area contributed by atoms with Crippen LogP contribution in [0.5, 0.6) is 0 Å². The van der Waals surface area contributed by atoms with Crippen molar-refractivity contribution in [1.82, 2.24) is 10.3 Å². The number of aromatic nitrogens is 1. The van der Waals surface area contributed by atoms with Gasteiger partial charge in [0.05, 0.1) is 5.69 Å². The fourth-order valence-corrected chi connectivity index (χ4v) is 3.98. The zero-order chi connectivity index (χ0) is 23.0. The van der Waals surface area contributed by atoms with E-state index >= 15 is 0 Å². The number of carbonyl (C=O) groups excluding carboxylic acids is 2. The zero-order valence-electron chi connectivity index (χ0n) is 18.1. The van der Waals surface area contributed by atoms with Crippen molar-refractivity contribution in [3.05, 3.63) is 107 Å². The van der Waals surface area contributed by atoms with E-state index in [9.17, 15) is 9.59 Å². The number of nitrogens with one attached hydrogen (secondary N) is 2. The van der Waals surface area contributed by atoms with Gasteiger partial charge in [0.25, 0.3) is 5.91 Å². The summed E-state index contributed by atoms with van der Waals surface area (Å²) in [7, 11) is 0. The summed E-state index contributed by atoms with van der Waals surface area (Å²) in [5, 5.41) is 8.18. The first-order valence-electron chi connectivity index (χ1n) is 10.5. The highest BCUT2D eigenvalue weighted by Crippen LogP contribution is 2.27. The molecule has 0 radical (unpaired) electrons. The van der Waals surface area contributed by atoms with Crippen LogP contribution in [0.1, 0.15) is 23.6 Å². The van der Waals surface area contributed by atoms with Gasteiger partial charge in [0.15, 0.2) is 5.13 Å². The van der Waals surface area contributed by atoms with Crippen molar-refractivity contribution in [3.8, 4) is 11.3 Å². The molecule has 0 aliphatic rings. The summed E-state index contributed by atoms with van der Waals surface area (Å²) in [5.74, 6) is -0.272. The van der Waals surface area contributed by atoms with Gasteiger partial charge in [-0.3, -0.25) is 14.9 Å². The van der Waals surface area contributed by atoms with Crippen LogP contribution >= 0.6 is 11.3 Å². The predicted molar refractivity (Wildman–Crippen MR) is 134 cm³/mol. The summed E-state index contributed by atoms with van der Waals surface area (Å²) in [6, 6.07) is 27.2. The standard InChI is InChI=1S/C27H23N3O2S/c1-19(31)28-17-21-12-14-23(15-13-21)25-18-33-27(29-25)30-26(32)24(22-10-6-3-7-11-22)16-20-8-4-2-5-9-20/h2-16,18H,17H2,1H3,(H,28,31)(H,29,30,32)/b24-16-. The van der Waals surface area contributed by atoms with Gasteiger partial charge < -0.3 is 5.32 Å². The highest BCUT2D eigenvalue weighted by molar-refractivity contribution is 7.14. The number of carbonyl (C=O) groups is 2. The van der Waals surface area contributed by atoms with Gasteiger partial charge in [-0.05, 0) is 22.8 Å². The Morgan fingerprint density at radius 1 is 0.909 bits per heavy atom. The molecular formula is C27H23N3O2S. The topological polar surface area (TPSA) is 71.1 Å². The fourth-order valence-electron chi connectivity index (χ4n) is 3.26. The normalized spacial score (nSPS) is 11.1. The van der Waals surface area contributed by atoms with Gasteiger partial charge in [-0.2, -0.15) is 0 Å². The van der Waals surface area contributed by atoms with Crippen molar-refractivity contribution in [1.29, 1.82) is 0 Å². The maximum absolute atomic E-state index is 13.2. The molecule has 5 nitrogen and oxygen atoms in total.